The van der Waals surface area contributed by atoms with E-state index in [9.17, 15) is 13.2 Å². The molecule has 0 saturated carbocycles. The van der Waals surface area contributed by atoms with Crippen LogP contribution in [0.2, 0.25) is 5.15 Å². The second-order valence-electron chi connectivity index (χ2n) is 4.25. The van der Waals surface area contributed by atoms with Crippen LogP contribution in [0.1, 0.15) is 17.3 Å². The van der Waals surface area contributed by atoms with Gasteiger partial charge in [0.1, 0.15) is 5.15 Å². The summed E-state index contributed by atoms with van der Waals surface area (Å²) in [5.74, 6) is -0.325. The molecule has 2 aromatic rings. The van der Waals surface area contributed by atoms with E-state index in [-0.39, 0.29) is 16.6 Å². The largest absolute Gasteiger partial charge is 0.321 e. The molecule has 0 unspecified atom stereocenters. The molecule has 1 amide bonds. The van der Waals surface area contributed by atoms with E-state index >= 15 is 0 Å². The van der Waals surface area contributed by atoms with Gasteiger partial charge in [0.2, 0.25) is 0 Å². The Morgan fingerprint density at radius 2 is 1.86 bits per heavy atom. The zero-order valence-electron chi connectivity index (χ0n) is 11.2. The molecule has 0 fully saturated rings. The summed E-state index contributed by atoms with van der Waals surface area (Å²) in [7, 11) is -3.26. The molecule has 1 N–H and O–H groups in total. The number of sulfone groups is 1. The zero-order chi connectivity index (χ0) is 15.5. The molecule has 0 saturated heterocycles. The number of rotatable bonds is 4. The summed E-state index contributed by atoms with van der Waals surface area (Å²) in [4.78, 5) is 16.1. The monoisotopic (exact) mass is 324 g/mol. The molecule has 1 aromatic carbocycles. The fourth-order valence-electron chi connectivity index (χ4n) is 1.63. The topological polar surface area (TPSA) is 76.1 Å². The van der Waals surface area contributed by atoms with E-state index in [1.165, 1.54) is 30.5 Å². The number of hydrogen-bond acceptors (Lipinski definition) is 4. The fourth-order valence-corrected chi connectivity index (χ4v) is 2.63. The van der Waals surface area contributed by atoms with Crippen LogP contribution in [0.25, 0.3) is 0 Å². The number of carbonyl (C=O) groups excluding carboxylic acids is 1. The molecule has 0 bridgehead atoms. The maximum Gasteiger partial charge on any atom is 0.255 e. The van der Waals surface area contributed by atoms with Crippen LogP contribution in [0.5, 0.6) is 0 Å². The van der Waals surface area contributed by atoms with E-state index in [1.807, 2.05) is 0 Å². The van der Waals surface area contributed by atoms with Gasteiger partial charge < -0.3 is 5.32 Å². The van der Waals surface area contributed by atoms with E-state index in [0.29, 0.717) is 16.4 Å². The lowest BCUT2D eigenvalue weighted by atomic mass is 10.2. The number of hydrogen-bond donors (Lipinski definition) is 1. The first kappa shape index (κ1) is 15.5. The number of amides is 1. The Hall–Kier alpha value is -1.92. The van der Waals surface area contributed by atoms with Gasteiger partial charge in [-0.1, -0.05) is 18.5 Å². The predicted octanol–water partition coefficient (Wildman–Crippen LogP) is 2.78. The number of carbonyl (C=O) groups is 1. The third-order valence-corrected chi connectivity index (χ3v) is 4.81. The highest BCUT2D eigenvalue weighted by Crippen LogP contribution is 2.14. The minimum atomic E-state index is -3.26. The molecule has 1 aromatic heterocycles. The highest BCUT2D eigenvalue weighted by molar-refractivity contribution is 7.91. The molecule has 0 atom stereocenters. The SMILES string of the molecule is CCS(=O)(=O)c1ccc(C(=O)Nc2ccc(Cl)nc2)cc1. The number of anilines is 1. The van der Waals surface area contributed by atoms with Crippen molar-refractivity contribution >= 4 is 33.0 Å². The quantitative estimate of drug-likeness (QED) is 0.877. The first-order valence-corrected chi connectivity index (χ1v) is 8.21. The third kappa shape index (κ3) is 3.80. The lowest BCUT2D eigenvalue weighted by Crippen LogP contribution is -2.12. The lowest BCUT2D eigenvalue weighted by Gasteiger charge is -2.06. The lowest BCUT2D eigenvalue weighted by molar-refractivity contribution is 0.102. The predicted molar refractivity (Wildman–Crippen MR) is 81.4 cm³/mol. The molecule has 7 heteroatoms. The van der Waals surface area contributed by atoms with E-state index in [0.717, 1.165) is 0 Å². The van der Waals surface area contributed by atoms with Crippen LogP contribution in [0, 0.1) is 0 Å². The van der Waals surface area contributed by atoms with Crippen molar-refractivity contribution in [2.24, 2.45) is 0 Å². The molecule has 0 aliphatic rings. The van der Waals surface area contributed by atoms with Crippen LogP contribution in [0.3, 0.4) is 0 Å². The molecule has 0 aliphatic carbocycles. The zero-order valence-corrected chi connectivity index (χ0v) is 12.8. The van der Waals surface area contributed by atoms with Crippen LogP contribution in [0.15, 0.2) is 47.5 Å². The average Bonchev–Trinajstić information content (AvgIpc) is 2.49. The average molecular weight is 325 g/mol. The summed E-state index contributed by atoms with van der Waals surface area (Å²) >= 11 is 5.66. The summed E-state index contributed by atoms with van der Waals surface area (Å²) in [6.07, 6.45) is 1.44. The summed E-state index contributed by atoms with van der Waals surface area (Å²) < 4.78 is 23.4. The molecule has 1 heterocycles. The Bertz CT molecular complexity index is 741. The molecular formula is C14H13ClN2O3S. The number of aromatic nitrogens is 1. The number of nitrogens with one attached hydrogen (secondary N) is 1. The standard InChI is InChI=1S/C14H13ClN2O3S/c1-2-21(19,20)12-6-3-10(4-7-12)14(18)17-11-5-8-13(15)16-9-11/h3-9H,2H2,1H3,(H,17,18). The minimum absolute atomic E-state index is 0.0228. The molecule has 2 rings (SSSR count). The van der Waals surface area contributed by atoms with Crippen LogP contribution in [-0.4, -0.2) is 25.1 Å². The van der Waals surface area contributed by atoms with Gasteiger partial charge in [0.25, 0.3) is 5.91 Å². The number of halogens is 1. The van der Waals surface area contributed by atoms with Crippen LogP contribution < -0.4 is 5.32 Å². The van der Waals surface area contributed by atoms with Gasteiger partial charge in [-0.2, -0.15) is 0 Å². The van der Waals surface area contributed by atoms with Gasteiger partial charge in [-0.15, -0.1) is 0 Å². The maximum atomic E-state index is 12.0. The van der Waals surface area contributed by atoms with E-state index in [4.69, 9.17) is 11.6 Å². The molecule has 0 spiro atoms. The number of benzene rings is 1. The van der Waals surface area contributed by atoms with Crippen molar-refractivity contribution < 1.29 is 13.2 Å². The van der Waals surface area contributed by atoms with Crippen LogP contribution in [0.4, 0.5) is 5.69 Å². The van der Waals surface area contributed by atoms with Crippen molar-refractivity contribution in [3.63, 3.8) is 0 Å². The summed E-state index contributed by atoms with van der Waals surface area (Å²) in [6.45, 7) is 1.57. The second kappa shape index (κ2) is 6.24. The molecule has 110 valence electrons. The van der Waals surface area contributed by atoms with Crippen LogP contribution in [-0.2, 0) is 9.84 Å². The molecular weight excluding hydrogens is 312 g/mol. The minimum Gasteiger partial charge on any atom is -0.321 e. The van der Waals surface area contributed by atoms with Crippen molar-refractivity contribution in [3.8, 4) is 0 Å². The fraction of sp³-hybridized carbons (Fsp3) is 0.143. The Balaban J connectivity index is 2.15. The second-order valence-corrected chi connectivity index (χ2v) is 6.92. The smallest absolute Gasteiger partial charge is 0.255 e. The summed E-state index contributed by atoms with van der Waals surface area (Å²) in [5, 5.41) is 2.98. The van der Waals surface area contributed by atoms with Crippen molar-refractivity contribution in [1.29, 1.82) is 0 Å². The summed E-state index contributed by atoms with van der Waals surface area (Å²) in [5.41, 5.74) is 0.870. The summed E-state index contributed by atoms with van der Waals surface area (Å²) in [6, 6.07) is 8.99. The molecule has 0 aliphatic heterocycles. The Labute approximate surface area is 127 Å². The third-order valence-electron chi connectivity index (χ3n) is 2.84. The molecule has 5 nitrogen and oxygen atoms in total. The van der Waals surface area contributed by atoms with E-state index in [2.05, 4.69) is 10.3 Å². The van der Waals surface area contributed by atoms with Gasteiger partial charge >= 0.3 is 0 Å². The first-order valence-electron chi connectivity index (χ1n) is 6.18. The van der Waals surface area contributed by atoms with Gasteiger partial charge in [-0.05, 0) is 36.4 Å². The van der Waals surface area contributed by atoms with Gasteiger partial charge in [-0.3, -0.25) is 4.79 Å². The molecule has 0 radical (unpaired) electrons. The maximum absolute atomic E-state index is 12.0. The van der Waals surface area contributed by atoms with E-state index in [1.54, 1.807) is 19.1 Å². The van der Waals surface area contributed by atoms with Gasteiger partial charge in [0.05, 0.1) is 22.5 Å². The normalized spacial score (nSPS) is 11.1. The Morgan fingerprint density at radius 1 is 1.19 bits per heavy atom. The Kier molecular flexibility index (Phi) is 4.59. The number of nitrogens with zero attached hydrogens (tertiary/aromatic N) is 1. The van der Waals surface area contributed by atoms with Gasteiger partial charge in [0, 0.05) is 5.56 Å². The van der Waals surface area contributed by atoms with Crippen molar-refractivity contribution in [2.45, 2.75) is 11.8 Å². The number of pyridine rings is 1. The van der Waals surface area contributed by atoms with Gasteiger partial charge in [0.15, 0.2) is 9.84 Å². The van der Waals surface area contributed by atoms with Crippen molar-refractivity contribution in [3.05, 3.63) is 53.3 Å². The van der Waals surface area contributed by atoms with Crippen molar-refractivity contribution in [2.75, 3.05) is 11.1 Å². The first-order chi connectivity index (χ1) is 9.92. The molecule has 21 heavy (non-hydrogen) atoms. The highest BCUT2D eigenvalue weighted by Gasteiger charge is 2.13. The Morgan fingerprint density at radius 3 is 2.38 bits per heavy atom. The highest BCUT2D eigenvalue weighted by atomic mass is 35.5. The van der Waals surface area contributed by atoms with E-state index < -0.39 is 9.84 Å². The van der Waals surface area contributed by atoms with Crippen molar-refractivity contribution in [1.82, 2.24) is 4.98 Å². The van der Waals surface area contributed by atoms with Gasteiger partial charge in [-0.25, -0.2) is 13.4 Å². The van der Waals surface area contributed by atoms with Crippen LogP contribution >= 0.6 is 11.6 Å².